The Morgan fingerprint density at radius 3 is 2.35 bits per heavy atom. The van der Waals surface area contributed by atoms with Crippen LogP contribution >= 0.6 is 0 Å². The van der Waals surface area contributed by atoms with E-state index in [0.29, 0.717) is 37.7 Å². The van der Waals surface area contributed by atoms with Crippen molar-refractivity contribution in [1.29, 1.82) is 0 Å². The van der Waals surface area contributed by atoms with E-state index in [4.69, 9.17) is 9.84 Å². The van der Waals surface area contributed by atoms with E-state index >= 15 is 0 Å². The fraction of sp³-hybridized carbons (Fsp3) is 0.333. The lowest BCUT2D eigenvalue weighted by atomic mass is 10.2. The number of aryl methyl sites for hydroxylation is 1. The van der Waals surface area contributed by atoms with Gasteiger partial charge in [-0.2, -0.15) is 0 Å². The molecular weight excluding hydrogens is 336 g/mol. The minimum absolute atomic E-state index is 0.0101. The first kappa shape index (κ1) is 17.7. The number of aromatic carboxylic acids is 1. The first-order chi connectivity index (χ1) is 12.5. The normalized spacial score (nSPS) is 14.2. The number of nitrogens with zero attached hydrogens (tertiary/aromatic N) is 4. The minimum atomic E-state index is -1.10. The summed E-state index contributed by atoms with van der Waals surface area (Å²) < 4.78 is 5.54. The van der Waals surface area contributed by atoms with Gasteiger partial charge in [0.15, 0.2) is 12.3 Å². The summed E-state index contributed by atoms with van der Waals surface area (Å²) >= 11 is 0. The molecule has 0 aliphatic carbocycles. The van der Waals surface area contributed by atoms with Crippen molar-refractivity contribution in [1.82, 2.24) is 14.9 Å². The van der Waals surface area contributed by atoms with Crippen molar-refractivity contribution < 1.29 is 19.4 Å². The molecule has 1 fully saturated rings. The summed E-state index contributed by atoms with van der Waals surface area (Å²) in [4.78, 5) is 34.8. The van der Waals surface area contributed by atoms with Crippen LogP contribution in [0.15, 0.2) is 36.7 Å². The number of rotatable bonds is 5. The Bertz CT molecular complexity index is 769. The number of aromatic nitrogens is 2. The second kappa shape index (κ2) is 7.81. The van der Waals surface area contributed by atoms with Gasteiger partial charge in [0.1, 0.15) is 11.6 Å². The fourth-order valence-corrected chi connectivity index (χ4v) is 2.65. The standard InChI is InChI=1S/C18H20N4O4/c1-13-2-4-14(5-3-13)26-12-17(23)22-8-6-21(7-9-22)16-11-19-15(10-20-16)18(24)25/h2-5,10-11H,6-9,12H2,1H3,(H,24,25). The van der Waals surface area contributed by atoms with Crippen molar-refractivity contribution >= 4 is 17.7 Å². The van der Waals surface area contributed by atoms with Gasteiger partial charge in [-0.1, -0.05) is 17.7 Å². The number of carbonyl (C=O) groups excluding carboxylic acids is 1. The van der Waals surface area contributed by atoms with Crippen molar-refractivity contribution in [2.24, 2.45) is 0 Å². The van der Waals surface area contributed by atoms with Crippen LogP contribution in [-0.4, -0.2) is 64.6 Å². The Balaban J connectivity index is 1.48. The molecule has 1 aliphatic rings. The number of ether oxygens (including phenoxy) is 1. The molecule has 0 spiro atoms. The summed E-state index contributed by atoms with van der Waals surface area (Å²) in [6.07, 6.45) is 2.69. The second-order valence-electron chi connectivity index (χ2n) is 6.03. The Hall–Kier alpha value is -3.16. The monoisotopic (exact) mass is 356 g/mol. The third-order valence-electron chi connectivity index (χ3n) is 4.20. The molecule has 0 radical (unpaired) electrons. The summed E-state index contributed by atoms with van der Waals surface area (Å²) in [5, 5.41) is 8.86. The van der Waals surface area contributed by atoms with Crippen molar-refractivity contribution in [3.05, 3.63) is 47.9 Å². The molecule has 1 N–H and O–H groups in total. The minimum Gasteiger partial charge on any atom is -0.484 e. The van der Waals surface area contributed by atoms with E-state index in [-0.39, 0.29) is 18.2 Å². The first-order valence-corrected chi connectivity index (χ1v) is 8.30. The number of benzene rings is 1. The molecule has 0 unspecified atom stereocenters. The lowest BCUT2D eigenvalue weighted by Crippen LogP contribution is -2.50. The average molecular weight is 356 g/mol. The summed E-state index contributed by atoms with van der Waals surface area (Å²) in [7, 11) is 0. The van der Waals surface area contributed by atoms with Crippen LogP contribution in [0.1, 0.15) is 16.1 Å². The molecular formula is C18H20N4O4. The SMILES string of the molecule is Cc1ccc(OCC(=O)N2CCN(c3cnc(C(=O)O)cn3)CC2)cc1. The van der Waals surface area contributed by atoms with Crippen LogP contribution < -0.4 is 9.64 Å². The number of amides is 1. The van der Waals surface area contributed by atoms with Crippen LogP contribution in [0, 0.1) is 6.92 Å². The maximum atomic E-state index is 12.3. The number of anilines is 1. The lowest BCUT2D eigenvalue weighted by Gasteiger charge is -2.35. The van der Waals surface area contributed by atoms with E-state index in [1.165, 1.54) is 12.4 Å². The van der Waals surface area contributed by atoms with E-state index in [1.54, 1.807) is 4.90 Å². The molecule has 1 amide bonds. The lowest BCUT2D eigenvalue weighted by molar-refractivity contribution is -0.133. The molecule has 8 nitrogen and oxygen atoms in total. The number of hydrogen-bond acceptors (Lipinski definition) is 6. The number of carboxylic acid groups (broad SMARTS) is 1. The van der Waals surface area contributed by atoms with Crippen molar-refractivity contribution in [3.8, 4) is 5.75 Å². The fourth-order valence-electron chi connectivity index (χ4n) is 2.65. The van der Waals surface area contributed by atoms with Gasteiger partial charge in [0.25, 0.3) is 5.91 Å². The van der Waals surface area contributed by atoms with Crippen molar-refractivity contribution in [2.45, 2.75) is 6.92 Å². The smallest absolute Gasteiger partial charge is 0.356 e. The van der Waals surface area contributed by atoms with Crippen LogP contribution in [0.4, 0.5) is 5.82 Å². The number of piperazine rings is 1. The van der Waals surface area contributed by atoms with E-state index in [1.807, 2.05) is 36.1 Å². The predicted octanol–water partition coefficient (Wildman–Crippen LogP) is 1.21. The van der Waals surface area contributed by atoms with E-state index in [9.17, 15) is 9.59 Å². The second-order valence-corrected chi connectivity index (χ2v) is 6.03. The summed E-state index contributed by atoms with van der Waals surface area (Å²) in [5.74, 6) is 0.125. The highest BCUT2D eigenvalue weighted by Crippen LogP contribution is 2.14. The van der Waals surface area contributed by atoms with Crippen LogP contribution in [-0.2, 0) is 4.79 Å². The summed E-state index contributed by atoms with van der Waals surface area (Å²) in [6.45, 7) is 4.33. The van der Waals surface area contributed by atoms with Gasteiger partial charge in [-0.05, 0) is 19.1 Å². The third-order valence-corrected chi connectivity index (χ3v) is 4.20. The quantitative estimate of drug-likeness (QED) is 0.860. The summed E-state index contributed by atoms with van der Waals surface area (Å²) in [5.41, 5.74) is 1.05. The van der Waals surface area contributed by atoms with Gasteiger partial charge in [-0.25, -0.2) is 14.8 Å². The van der Waals surface area contributed by atoms with Crippen molar-refractivity contribution in [2.75, 3.05) is 37.7 Å². The van der Waals surface area contributed by atoms with E-state index in [0.717, 1.165) is 5.56 Å². The highest BCUT2D eigenvalue weighted by molar-refractivity contribution is 5.85. The molecule has 1 saturated heterocycles. The largest absolute Gasteiger partial charge is 0.484 e. The molecule has 1 aromatic carbocycles. The molecule has 1 aliphatic heterocycles. The zero-order valence-corrected chi connectivity index (χ0v) is 14.5. The van der Waals surface area contributed by atoms with Gasteiger partial charge in [-0.15, -0.1) is 0 Å². The van der Waals surface area contributed by atoms with E-state index < -0.39 is 5.97 Å². The molecule has 3 rings (SSSR count). The molecule has 0 bridgehead atoms. The average Bonchev–Trinajstić information content (AvgIpc) is 2.67. The van der Waals surface area contributed by atoms with Crippen LogP contribution in [0.25, 0.3) is 0 Å². The number of carbonyl (C=O) groups is 2. The molecule has 2 heterocycles. The predicted molar refractivity (Wildman–Crippen MR) is 94.5 cm³/mol. The van der Waals surface area contributed by atoms with Gasteiger partial charge in [0, 0.05) is 26.2 Å². The van der Waals surface area contributed by atoms with Gasteiger partial charge in [-0.3, -0.25) is 4.79 Å². The highest BCUT2D eigenvalue weighted by atomic mass is 16.5. The zero-order valence-electron chi connectivity index (χ0n) is 14.5. The third kappa shape index (κ3) is 4.27. The molecule has 136 valence electrons. The summed E-state index contributed by atoms with van der Waals surface area (Å²) in [6, 6.07) is 7.57. The van der Waals surface area contributed by atoms with E-state index in [2.05, 4.69) is 9.97 Å². The Labute approximate surface area is 151 Å². The zero-order chi connectivity index (χ0) is 18.5. The Kier molecular flexibility index (Phi) is 5.31. The molecule has 8 heteroatoms. The van der Waals surface area contributed by atoms with Gasteiger partial charge < -0.3 is 19.6 Å². The number of carboxylic acids is 1. The first-order valence-electron chi connectivity index (χ1n) is 8.30. The van der Waals surface area contributed by atoms with Gasteiger partial charge in [0.05, 0.1) is 12.4 Å². The maximum absolute atomic E-state index is 12.3. The van der Waals surface area contributed by atoms with Gasteiger partial charge >= 0.3 is 5.97 Å². The molecule has 0 saturated carbocycles. The van der Waals surface area contributed by atoms with Crippen LogP contribution in [0.3, 0.4) is 0 Å². The Morgan fingerprint density at radius 2 is 1.77 bits per heavy atom. The van der Waals surface area contributed by atoms with Crippen LogP contribution in [0.5, 0.6) is 5.75 Å². The molecule has 1 aromatic heterocycles. The molecule has 26 heavy (non-hydrogen) atoms. The highest BCUT2D eigenvalue weighted by Gasteiger charge is 2.22. The molecule has 2 aromatic rings. The van der Waals surface area contributed by atoms with Gasteiger partial charge in [0.2, 0.25) is 0 Å². The number of hydrogen-bond donors (Lipinski definition) is 1. The van der Waals surface area contributed by atoms with Crippen LogP contribution in [0.2, 0.25) is 0 Å². The Morgan fingerprint density at radius 1 is 1.08 bits per heavy atom. The topological polar surface area (TPSA) is 95.9 Å². The van der Waals surface area contributed by atoms with Crippen molar-refractivity contribution in [3.63, 3.8) is 0 Å². The maximum Gasteiger partial charge on any atom is 0.356 e. The molecule has 0 atom stereocenters.